The van der Waals surface area contributed by atoms with Gasteiger partial charge in [0.1, 0.15) is 0 Å². The lowest BCUT2D eigenvalue weighted by Crippen LogP contribution is -2.52. The van der Waals surface area contributed by atoms with Crippen LogP contribution in [0.2, 0.25) is 0 Å². The van der Waals surface area contributed by atoms with E-state index in [2.05, 4.69) is 31.1 Å². The molecule has 1 aliphatic heterocycles. The topological polar surface area (TPSA) is 15.3 Å². The Bertz CT molecular complexity index is 266. The third-order valence-electron chi connectivity index (χ3n) is 5.92. The number of hydrogen-bond donors (Lipinski definition) is 1. The molecule has 1 heterocycles. The largest absolute Gasteiger partial charge is 0.315 e. The molecule has 1 N–H and O–H groups in total. The number of likely N-dealkylation sites (tertiary alicyclic amines) is 1. The first-order valence-electron chi connectivity index (χ1n) is 9.19. The minimum absolute atomic E-state index is 0.737. The molecule has 1 saturated carbocycles. The maximum Gasteiger partial charge on any atom is 0.0251 e. The van der Waals surface area contributed by atoms with Gasteiger partial charge in [0.25, 0.3) is 0 Å². The fraction of sp³-hybridized carbons (Fsp3) is 1.00. The summed E-state index contributed by atoms with van der Waals surface area (Å²) in [7, 11) is 2.17. The molecule has 4 atom stereocenters. The highest BCUT2D eigenvalue weighted by Gasteiger charge is 2.33. The molecular weight excluding hydrogens is 244 g/mol. The average molecular weight is 280 g/mol. The summed E-state index contributed by atoms with van der Waals surface area (Å²) in [6, 6.07) is 1.54. The highest BCUT2D eigenvalue weighted by molar-refractivity contribution is 4.91. The zero-order valence-corrected chi connectivity index (χ0v) is 14.0. The Labute approximate surface area is 126 Å². The van der Waals surface area contributed by atoms with Crippen molar-refractivity contribution in [2.45, 2.75) is 83.7 Å². The molecule has 2 fully saturated rings. The first-order chi connectivity index (χ1) is 9.78. The molecule has 2 nitrogen and oxygen atoms in total. The molecule has 20 heavy (non-hydrogen) atoms. The second-order valence-corrected chi connectivity index (χ2v) is 7.17. The third kappa shape index (κ3) is 4.21. The minimum atomic E-state index is 0.737. The van der Waals surface area contributed by atoms with Crippen molar-refractivity contribution in [3.8, 4) is 0 Å². The normalized spacial score (nSPS) is 36.8. The van der Waals surface area contributed by atoms with E-state index in [4.69, 9.17) is 0 Å². The van der Waals surface area contributed by atoms with Gasteiger partial charge in [-0.2, -0.15) is 0 Å². The molecule has 0 bridgehead atoms. The summed E-state index contributed by atoms with van der Waals surface area (Å²) in [5.41, 5.74) is 0. The molecule has 1 saturated heterocycles. The van der Waals surface area contributed by atoms with Crippen LogP contribution in [-0.4, -0.2) is 37.1 Å². The van der Waals surface area contributed by atoms with Crippen molar-refractivity contribution >= 4 is 0 Å². The lowest BCUT2D eigenvalue weighted by atomic mass is 9.79. The Morgan fingerprint density at radius 3 is 2.55 bits per heavy atom. The number of likely N-dealkylation sites (N-methyl/N-ethyl adjacent to an activating group) is 1. The van der Waals surface area contributed by atoms with Gasteiger partial charge in [0.15, 0.2) is 0 Å². The molecule has 0 aromatic rings. The molecule has 2 aliphatic rings. The van der Waals surface area contributed by atoms with E-state index in [-0.39, 0.29) is 0 Å². The van der Waals surface area contributed by atoms with Gasteiger partial charge < -0.3 is 5.32 Å². The van der Waals surface area contributed by atoms with Crippen molar-refractivity contribution in [2.75, 3.05) is 20.1 Å². The Balaban J connectivity index is 1.95. The molecule has 0 spiro atoms. The summed E-state index contributed by atoms with van der Waals surface area (Å²) >= 11 is 0. The number of rotatable bonds is 5. The predicted octanol–water partition coefficient (Wildman–Crippen LogP) is 4.06. The van der Waals surface area contributed by atoms with Gasteiger partial charge in [0, 0.05) is 12.1 Å². The minimum Gasteiger partial charge on any atom is -0.315 e. The van der Waals surface area contributed by atoms with Gasteiger partial charge in [-0.05, 0) is 70.5 Å². The summed E-state index contributed by atoms with van der Waals surface area (Å²) in [5, 5.41) is 3.62. The Kier molecular flexibility index (Phi) is 6.83. The molecule has 4 unspecified atom stereocenters. The van der Waals surface area contributed by atoms with Crippen LogP contribution in [-0.2, 0) is 0 Å². The van der Waals surface area contributed by atoms with Crippen LogP contribution in [0.1, 0.15) is 71.6 Å². The summed E-state index contributed by atoms with van der Waals surface area (Å²) in [6.45, 7) is 7.41. The monoisotopic (exact) mass is 280 g/mol. The summed E-state index contributed by atoms with van der Waals surface area (Å²) in [4.78, 5) is 2.85. The third-order valence-corrected chi connectivity index (χ3v) is 5.92. The SMILES string of the molecule is CCCC1CCC(NC)C(N2CCCC(CC)CC2)C1. The van der Waals surface area contributed by atoms with Gasteiger partial charge in [0.05, 0.1) is 0 Å². The summed E-state index contributed by atoms with van der Waals surface area (Å²) < 4.78 is 0. The van der Waals surface area contributed by atoms with Crippen LogP contribution in [0.4, 0.5) is 0 Å². The quantitative estimate of drug-likeness (QED) is 0.817. The van der Waals surface area contributed by atoms with E-state index in [9.17, 15) is 0 Å². The van der Waals surface area contributed by atoms with Crippen LogP contribution < -0.4 is 5.32 Å². The van der Waals surface area contributed by atoms with Crippen LogP contribution in [0.5, 0.6) is 0 Å². The highest BCUT2D eigenvalue weighted by atomic mass is 15.2. The van der Waals surface area contributed by atoms with E-state index < -0.39 is 0 Å². The van der Waals surface area contributed by atoms with Crippen LogP contribution in [0.25, 0.3) is 0 Å². The molecule has 0 aromatic carbocycles. The lowest BCUT2D eigenvalue weighted by molar-refractivity contribution is 0.0987. The number of nitrogens with zero attached hydrogens (tertiary/aromatic N) is 1. The highest BCUT2D eigenvalue weighted by Crippen LogP contribution is 2.33. The Morgan fingerprint density at radius 1 is 1.00 bits per heavy atom. The van der Waals surface area contributed by atoms with Gasteiger partial charge in [-0.3, -0.25) is 4.90 Å². The van der Waals surface area contributed by atoms with Crippen LogP contribution in [0, 0.1) is 11.8 Å². The van der Waals surface area contributed by atoms with E-state index in [0.717, 1.165) is 23.9 Å². The van der Waals surface area contributed by atoms with Crippen molar-refractivity contribution in [1.29, 1.82) is 0 Å². The van der Waals surface area contributed by atoms with Gasteiger partial charge in [0.2, 0.25) is 0 Å². The molecule has 2 rings (SSSR count). The van der Waals surface area contributed by atoms with Crippen molar-refractivity contribution in [1.82, 2.24) is 10.2 Å². The van der Waals surface area contributed by atoms with E-state index in [1.165, 1.54) is 70.9 Å². The van der Waals surface area contributed by atoms with E-state index in [1.807, 2.05) is 0 Å². The first kappa shape index (κ1) is 16.3. The van der Waals surface area contributed by atoms with Crippen molar-refractivity contribution in [3.05, 3.63) is 0 Å². The molecule has 2 heteroatoms. The van der Waals surface area contributed by atoms with Crippen LogP contribution in [0.15, 0.2) is 0 Å². The van der Waals surface area contributed by atoms with Gasteiger partial charge in [-0.1, -0.05) is 33.1 Å². The molecule has 0 amide bonds. The van der Waals surface area contributed by atoms with Gasteiger partial charge in [-0.25, -0.2) is 0 Å². The van der Waals surface area contributed by atoms with E-state index in [1.54, 1.807) is 0 Å². The lowest BCUT2D eigenvalue weighted by Gasteiger charge is -2.42. The maximum absolute atomic E-state index is 3.62. The van der Waals surface area contributed by atoms with E-state index in [0.29, 0.717) is 0 Å². The summed E-state index contributed by atoms with van der Waals surface area (Å²) in [6.07, 6.45) is 12.8. The van der Waals surface area contributed by atoms with Crippen molar-refractivity contribution in [3.63, 3.8) is 0 Å². The predicted molar refractivity (Wildman–Crippen MR) is 88.1 cm³/mol. The van der Waals surface area contributed by atoms with E-state index >= 15 is 0 Å². The maximum atomic E-state index is 3.62. The van der Waals surface area contributed by atoms with Crippen molar-refractivity contribution < 1.29 is 0 Å². The number of nitrogens with one attached hydrogen (secondary N) is 1. The first-order valence-corrected chi connectivity index (χ1v) is 9.19. The summed E-state index contributed by atoms with van der Waals surface area (Å²) in [5.74, 6) is 1.97. The fourth-order valence-electron chi connectivity index (χ4n) is 4.57. The zero-order chi connectivity index (χ0) is 14.4. The molecule has 0 aromatic heterocycles. The van der Waals surface area contributed by atoms with Gasteiger partial charge in [-0.15, -0.1) is 0 Å². The van der Waals surface area contributed by atoms with Crippen molar-refractivity contribution in [2.24, 2.45) is 11.8 Å². The molecule has 0 radical (unpaired) electrons. The van der Waals surface area contributed by atoms with Crippen LogP contribution >= 0.6 is 0 Å². The van der Waals surface area contributed by atoms with Crippen LogP contribution in [0.3, 0.4) is 0 Å². The zero-order valence-electron chi connectivity index (χ0n) is 14.0. The standard InChI is InChI=1S/C18H36N2/c1-4-7-16-9-10-17(19-3)18(14-16)20-12-6-8-15(5-2)11-13-20/h15-19H,4-14H2,1-3H3. The number of hydrogen-bond acceptors (Lipinski definition) is 2. The molecular formula is C18H36N2. The molecule has 1 aliphatic carbocycles. The fourth-order valence-corrected chi connectivity index (χ4v) is 4.57. The second kappa shape index (κ2) is 8.38. The Morgan fingerprint density at radius 2 is 1.85 bits per heavy atom. The smallest absolute Gasteiger partial charge is 0.0251 e. The molecule has 118 valence electrons. The average Bonchev–Trinajstić information content (AvgIpc) is 2.73. The van der Waals surface area contributed by atoms with Gasteiger partial charge >= 0.3 is 0 Å². The second-order valence-electron chi connectivity index (χ2n) is 7.17. The Hall–Kier alpha value is -0.0800.